The quantitative estimate of drug-likeness (QED) is 0.643. The summed E-state index contributed by atoms with van der Waals surface area (Å²) in [7, 11) is 1.76. The maximum atomic E-state index is 13.0. The van der Waals surface area contributed by atoms with Crippen LogP contribution in [0, 0.1) is 0 Å². The fraction of sp³-hybridized carbons (Fsp3) is 0.409. The molecule has 0 saturated heterocycles. The molecule has 9 heteroatoms. The zero-order chi connectivity index (χ0) is 21.8. The van der Waals surface area contributed by atoms with E-state index >= 15 is 0 Å². The summed E-state index contributed by atoms with van der Waals surface area (Å²) in [5.41, 5.74) is 1.75. The summed E-state index contributed by atoms with van der Waals surface area (Å²) in [6.45, 7) is 0.541. The lowest BCUT2D eigenvalue weighted by molar-refractivity contribution is -0.129. The predicted molar refractivity (Wildman–Crippen MR) is 116 cm³/mol. The fourth-order valence-electron chi connectivity index (χ4n) is 3.80. The standard InChI is InChI=1S/C22H26N6O3/c1-27(17-5-6-17)22(31)21-16(14-29)3-2-10-28(21)13-20(30)26-19-7-4-15(11-25-19)18-12-23-8-9-24-18/h4,7-9,11-12,14,17-18,24H,2-3,5-6,10,13H2,1H3,(H,25,26,30). The average Bonchev–Trinajstić information content (AvgIpc) is 3.64. The Kier molecular flexibility index (Phi) is 6.11. The molecule has 4 rings (SSSR count). The van der Waals surface area contributed by atoms with Crippen LogP contribution in [0.1, 0.15) is 37.3 Å². The number of nitrogens with zero attached hydrogens (tertiary/aromatic N) is 4. The van der Waals surface area contributed by atoms with Crippen LogP contribution < -0.4 is 10.6 Å². The molecule has 2 N–H and O–H groups in total. The van der Waals surface area contributed by atoms with E-state index in [0.717, 1.165) is 31.1 Å². The zero-order valence-electron chi connectivity index (χ0n) is 17.5. The van der Waals surface area contributed by atoms with Crippen molar-refractivity contribution < 1.29 is 14.4 Å². The Morgan fingerprint density at radius 1 is 1.35 bits per heavy atom. The van der Waals surface area contributed by atoms with Gasteiger partial charge in [0.15, 0.2) is 0 Å². The lowest BCUT2D eigenvalue weighted by atomic mass is 10.0. The molecule has 1 atom stereocenters. The minimum atomic E-state index is -0.285. The largest absolute Gasteiger partial charge is 0.378 e. The molecule has 2 amide bonds. The van der Waals surface area contributed by atoms with Crippen LogP contribution in [0.15, 0.2) is 47.0 Å². The monoisotopic (exact) mass is 422 g/mol. The van der Waals surface area contributed by atoms with E-state index in [1.807, 2.05) is 6.07 Å². The lowest BCUT2D eigenvalue weighted by Crippen LogP contribution is -2.43. The van der Waals surface area contributed by atoms with Crippen molar-refractivity contribution in [2.45, 2.75) is 37.8 Å². The van der Waals surface area contributed by atoms with Gasteiger partial charge >= 0.3 is 0 Å². The second-order valence-corrected chi connectivity index (χ2v) is 7.95. The normalized spacial score (nSPS) is 20.3. The number of anilines is 1. The van der Waals surface area contributed by atoms with Gasteiger partial charge in [-0.1, -0.05) is 6.07 Å². The van der Waals surface area contributed by atoms with Crippen LogP contribution in [0.4, 0.5) is 5.82 Å². The van der Waals surface area contributed by atoms with Crippen LogP contribution in [0.2, 0.25) is 0 Å². The number of aldehydes is 1. The highest BCUT2D eigenvalue weighted by atomic mass is 16.2. The van der Waals surface area contributed by atoms with Crippen LogP contribution in [-0.4, -0.2) is 65.3 Å². The molecule has 1 aromatic heterocycles. The van der Waals surface area contributed by atoms with Crippen molar-refractivity contribution in [3.63, 3.8) is 0 Å². The van der Waals surface area contributed by atoms with Gasteiger partial charge in [-0.2, -0.15) is 0 Å². The van der Waals surface area contributed by atoms with E-state index in [9.17, 15) is 14.4 Å². The number of aromatic nitrogens is 1. The summed E-state index contributed by atoms with van der Waals surface area (Å²) in [5.74, 6) is -0.0426. The Labute approximate surface area is 180 Å². The summed E-state index contributed by atoms with van der Waals surface area (Å²) in [6, 6.07) is 3.78. The van der Waals surface area contributed by atoms with E-state index in [0.29, 0.717) is 30.1 Å². The molecule has 3 heterocycles. The molecule has 31 heavy (non-hydrogen) atoms. The Morgan fingerprint density at radius 2 is 2.19 bits per heavy atom. The number of carbonyl (C=O) groups excluding carboxylic acids is 3. The highest BCUT2D eigenvalue weighted by Crippen LogP contribution is 2.29. The first-order chi connectivity index (χ1) is 15.1. The Hall–Kier alpha value is -3.49. The maximum Gasteiger partial charge on any atom is 0.270 e. The third-order valence-corrected chi connectivity index (χ3v) is 5.67. The van der Waals surface area contributed by atoms with Gasteiger partial charge in [0.1, 0.15) is 17.8 Å². The molecule has 162 valence electrons. The summed E-state index contributed by atoms with van der Waals surface area (Å²) in [4.78, 5) is 49.1. The maximum absolute atomic E-state index is 13.0. The van der Waals surface area contributed by atoms with Crippen LogP contribution in [0.3, 0.4) is 0 Å². The molecule has 0 bridgehead atoms. The summed E-state index contributed by atoms with van der Waals surface area (Å²) in [6.07, 6.45) is 10.9. The molecule has 9 nitrogen and oxygen atoms in total. The Morgan fingerprint density at radius 3 is 2.84 bits per heavy atom. The van der Waals surface area contributed by atoms with Gasteiger partial charge in [0, 0.05) is 50.0 Å². The van der Waals surface area contributed by atoms with Crippen molar-refractivity contribution in [1.29, 1.82) is 0 Å². The fourth-order valence-corrected chi connectivity index (χ4v) is 3.80. The van der Waals surface area contributed by atoms with Gasteiger partial charge in [-0.15, -0.1) is 0 Å². The first-order valence-corrected chi connectivity index (χ1v) is 10.5. The summed E-state index contributed by atoms with van der Waals surface area (Å²) in [5, 5.41) is 5.94. The molecule has 1 saturated carbocycles. The van der Waals surface area contributed by atoms with Crippen molar-refractivity contribution in [2.75, 3.05) is 25.5 Å². The molecule has 1 aliphatic carbocycles. The lowest BCUT2D eigenvalue weighted by Gasteiger charge is -2.33. The minimum absolute atomic E-state index is 0.0119. The van der Waals surface area contributed by atoms with Gasteiger partial charge < -0.3 is 20.4 Å². The minimum Gasteiger partial charge on any atom is -0.378 e. The van der Waals surface area contributed by atoms with Crippen LogP contribution >= 0.6 is 0 Å². The van der Waals surface area contributed by atoms with Crippen molar-refractivity contribution in [1.82, 2.24) is 20.1 Å². The third-order valence-electron chi connectivity index (χ3n) is 5.67. The molecule has 1 unspecified atom stereocenters. The van der Waals surface area contributed by atoms with Crippen LogP contribution in [0.5, 0.6) is 0 Å². The van der Waals surface area contributed by atoms with E-state index in [1.54, 1.807) is 47.7 Å². The summed E-state index contributed by atoms with van der Waals surface area (Å²) < 4.78 is 0. The van der Waals surface area contributed by atoms with Crippen LogP contribution in [0.25, 0.3) is 0 Å². The molecule has 0 aromatic carbocycles. The Balaban J connectivity index is 1.41. The highest BCUT2D eigenvalue weighted by Gasteiger charge is 2.35. The van der Waals surface area contributed by atoms with Gasteiger partial charge in [0.2, 0.25) is 5.91 Å². The van der Waals surface area contributed by atoms with Gasteiger partial charge in [0.05, 0.1) is 12.6 Å². The number of amides is 2. The number of carbonyl (C=O) groups is 3. The number of likely N-dealkylation sites (N-methyl/N-ethyl adjacent to an activating group) is 1. The van der Waals surface area contributed by atoms with Crippen molar-refractivity contribution in [3.8, 4) is 0 Å². The first-order valence-electron chi connectivity index (χ1n) is 10.5. The van der Waals surface area contributed by atoms with Gasteiger partial charge in [-0.05, 0) is 37.3 Å². The summed E-state index contributed by atoms with van der Waals surface area (Å²) >= 11 is 0. The highest BCUT2D eigenvalue weighted by molar-refractivity contribution is 6.00. The van der Waals surface area contributed by atoms with E-state index in [2.05, 4.69) is 20.6 Å². The number of aliphatic imine (C=N–C) groups is 1. The smallest absolute Gasteiger partial charge is 0.270 e. The van der Waals surface area contributed by atoms with Crippen molar-refractivity contribution in [3.05, 3.63) is 47.6 Å². The number of hydrogen-bond acceptors (Lipinski definition) is 7. The number of allylic oxidation sites excluding steroid dienone is 1. The molecule has 0 spiro atoms. The SMILES string of the molecule is CN(C(=O)C1=C(C=O)CCCN1CC(=O)Nc1ccc(C2C=NC=CN2)cn1)C1CC1. The van der Waals surface area contributed by atoms with Crippen LogP contribution in [-0.2, 0) is 14.4 Å². The first kappa shape index (κ1) is 20.8. The Bertz CT molecular complexity index is 948. The van der Waals surface area contributed by atoms with Gasteiger partial charge in [-0.3, -0.25) is 19.4 Å². The second kappa shape index (κ2) is 9.11. The number of pyridine rings is 1. The molecular formula is C22H26N6O3. The van der Waals surface area contributed by atoms with E-state index < -0.39 is 0 Å². The number of nitrogens with one attached hydrogen (secondary N) is 2. The molecule has 0 radical (unpaired) electrons. The van der Waals surface area contributed by atoms with Gasteiger partial charge in [-0.25, -0.2) is 4.98 Å². The third kappa shape index (κ3) is 4.82. The van der Waals surface area contributed by atoms with E-state index in [4.69, 9.17) is 0 Å². The topological polar surface area (TPSA) is 107 Å². The van der Waals surface area contributed by atoms with E-state index in [1.165, 1.54) is 0 Å². The second-order valence-electron chi connectivity index (χ2n) is 7.95. The predicted octanol–water partition coefficient (Wildman–Crippen LogP) is 1.38. The number of hydrogen-bond donors (Lipinski definition) is 2. The van der Waals surface area contributed by atoms with E-state index in [-0.39, 0.29) is 30.4 Å². The van der Waals surface area contributed by atoms with Crippen molar-refractivity contribution >= 4 is 30.1 Å². The number of rotatable bonds is 7. The molecule has 1 aromatic rings. The molecule has 2 aliphatic heterocycles. The molecular weight excluding hydrogens is 396 g/mol. The van der Waals surface area contributed by atoms with Gasteiger partial charge in [0.25, 0.3) is 5.91 Å². The average molecular weight is 422 g/mol. The zero-order valence-corrected chi connectivity index (χ0v) is 17.5. The molecule has 1 fully saturated rings. The van der Waals surface area contributed by atoms with Crippen molar-refractivity contribution in [2.24, 2.45) is 4.99 Å². The molecule has 3 aliphatic rings.